The van der Waals surface area contributed by atoms with E-state index in [0.29, 0.717) is 11.3 Å². The second-order valence-corrected chi connectivity index (χ2v) is 7.32. The molecular weight excluding hydrogens is 361 g/mol. The summed E-state index contributed by atoms with van der Waals surface area (Å²) in [6.45, 7) is 3.26. The molecule has 0 radical (unpaired) electrons. The van der Waals surface area contributed by atoms with E-state index in [1.165, 1.54) is 33.5 Å². The van der Waals surface area contributed by atoms with Gasteiger partial charge in [0, 0.05) is 31.6 Å². The Morgan fingerprint density at radius 2 is 1.93 bits per heavy atom. The highest BCUT2D eigenvalue weighted by Crippen LogP contribution is 2.37. The summed E-state index contributed by atoms with van der Waals surface area (Å²) >= 11 is 0. The number of halogens is 1. The first-order valence-electron chi connectivity index (χ1n) is 9.64. The van der Waals surface area contributed by atoms with Crippen LogP contribution in [0.4, 0.5) is 16.2 Å². The summed E-state index contributed by atoms with van der Waals surface area (Å²) in [7, 11) is 2.85. The highest BCUT2D eigenvalue weighted by Gasteiger charge is 2.23. The molecule has 0 bridgehead atoms. The summed E-state index contributed by atoms with van der Waals surface area (Å²) in [6.07, 6.45) is 8.38. The number of fused-ring (bicyclic) bond motifs is 1. The molecule has 1 aromatic carbocycles. The maximum Gasteiger partial charge on any atom is 0.228 e. The molecule has 2 N–H and O–H groups in total. The van der Waals surface area contributed by atoms with Crippen LogP contribution >= 0.6 is 0 Å². The van der Waals surface area contributed by atoms with E-state index in [9.17, 15) is 4.39 Å². The minimum atomic E-state index is -0.589. The minimum Gasteiger partial charge on any atom is -0.493 e. The number of nitrogens with zero attached hydrogens (tertiary/aromatic N) is 4. The highest BCUT2D eigenvalue weighted by molar-refractivity contribution is 5.92. The van der Waals surface area contributed by atoms with Gasteiger partial charge in [-0.25, -0.2) is 9.37 Å². The molecule has 1 saturated heterocycles. The van der Waals surface area contributed by atoms with Crippen LogP contribution in [0, 0.1) is 11.7 Å². The molecule has 1 aliphatic carbocycles. The van der Waals surface area contributed by atoms with Gasteiger partial charge in [-0.3, -0.25) is 0 Å². The zero-order chi connectivity index (χ0) is 19.7. The van der Waals surface area contributed by atoms with Crippen molar-refractivity contribution in [2.45, 2.75) is 19.3 Å². The summed E-state index contributed by atoms with van der Waals surface area (Å²) < 4.78 is 25.3. The summed E-state index contributed by atoms with van der Waals surface area (Å²) in [6, 6.07) is 1.61. The Morgan fingerprint density at radius 3 is 2.57 bits per heavy atom. The van der Waals surface area contributed by atoms with Gasteiger partial charge in [-0.05, 0) is 37.4 Å². The average molecular weight is 387 g/mol. The molecule has 8 heteroatoms. The van der Waals surface area contributed by atoms with Crippen molar-refractivity contribution < 1.29 is 13.9 Å². The number of aromatic nitrogens is 2. The number of nitrogen functional groups attached to an aromatic ring is 1. The molecule has 2 aromatic rings. The lowest BCUT2D eigenvalue weighted by atomic mass is 10.2. The lowest BCUT2D eigenvalue weighted by Crippen LogP contribution is -2.44. The van der Waals surface area contributed by atoms with Crippen molar-refractivity contribution >= 4 is 22.7 Å². The quantitative estimate of drug-likeness (QED) is 0.817. The Bertz CT molecular complexity index is 892. The van der Waals surface area contributed by atoms with Crippen LogP contribution in [-0.2, 0) is 0 Å². The van der Waals surface area contributed by atoms with Gasteiger partial charge in [0.1, 0.15) is 11.3 Å². The molecule has 2 fully saturated rings. The molecule has 150 valence electrons. The number of piperazine rings is 1. The Kier molecular flexibility index (Phi) is 5.11. The van der Waals surface area contributed by atoms with Gasteiger partial charge in [0.25, 0.3) is 0 Å². The SMILES string of the molecule is COc1cc2c(N)nc(N3CCN(/C=C/CC4CC4)CC3)nc2c(F)c1OC. The normalized spacial score (nSPS) is 17.5. The van der Waals surface area contributed by atoms with Gasteiger partial charge in [0.15, 0.2) is 17.3 Å². The molecule has 28 heavy (non-hydrogen) atoms. The lowest BCUT2D eigenvalue weighted by Gasteiger charge is -2.34. The van der Waals surface area contributed by atoms with Crippen molar-refractivity contribution in [3.63, 3.8) is 0 Å². The number of methoxy groups -OCH3 is 2. The fourth-order valence-electron chi connectivity index (χ4n) is 3.51. The fraction of sp³-hybridized carbons (Fsp3) is 0.500. The highest BCUT2D eigenvalue weighted by atomic mass is 19.1. The van der Waals surface area contributed by atoms with E-state index in [1.54, 1.807) is 6.07 Å². The van der Waals surface area contributed by atoms with Gasteiger partial charge < -0.3 is 25.0 Å². The maximum absolute atomic E-state index is 14.9. The van der Waals surface area contributed by atoms with Gasteiger partial charge in [0.05, 0.1) is 14.2 Å². The average Bonchev–Trinajstić information content (AvgIpc) is 3.53. The van der Waals surface area contributed by atoms with Crippen LogP contribution in [0.3, 0.4) is 0 Å². The summed E-state index contributed by atoms with van der Waals surface area (Å²) in [5, 5.41) is 0.417. The molecule has 7 nitrogen and oxygen atoms in total. The van der Waals surface area contributed by atoms with Gasteiger partial charge in [-0.1, -0.05) is 6.08 Å². The molecule has 0 amide bonds. The first-order chi connectivity index (χ1) is 13.6. The van der Waals surface area contributed by atoms with Crippen LogP contribution in [-0.4, -0.2) is 55.3 Å². The van der Waals surface area contributed by atoms with Crippen LogP contribution in [0.5, 0.6) is 11.5 Å². The van der Waals surface area contributed by atoms with E-state index in [4.69, 9.17) is 15.2 Å². The van der Waals surface area contributed by atoms with Crippen LogP contribution in [0.1, 0.15) is 19.3 Å². The molecule has 2 aliphatic rings. The first-order valence-corrected chi connectivity index (χ1v) is 9.64. The van der Waals surface area contributed by atoms with Crippen molar-refractivity contribution in [1.82, 2.24) is 14.9 Å². The predicted molar refractivity (Wildman–Crippen MR) is 107 cm³/mol. The molecule has 2 heterocycles. The lowest BCUT2D eigenvalue weighted by molar-refractivity contribution is 0.339. The van der Waals surface area contributed by atoms with Crippen molar-refractivity contribution in [2.24, 2.45) is 5.92 Å². The van der Waals surface area contributed by atoms with Gasteiger partial charge in [0.2, 0.25) is 5.95 Å². The molecule has 1 saturated carbocycles. The molecule has 0 spiro atoms. The maximum atomic E-state index is 14.9. The first kappa shape index (κ1) is 18.6. The van der Waals surface area contributed by atoms with Gasteiger partial charge in [-0.2, -0.15) is 4.98 Å². The van der Waals surface area contributed by atoms with E-state index in [0.717, 1.165) is 32.1 Å². The van der Waals surface area contributed by atoms with E-state index >= 15 is 0 Å². The van der Waals surface area contributed by atoms with Crippen molar-refractivity contribution in [2.75, 3.05) is 51.0 Å². The zero-order valence-electron chi connectivity index (χ0n) is 16.3. The smallest absolute Gasteiger partial charge is 0.228 e. The van der Waals surface area contributed by atoms with Crippen molar-refractivity contribution in [3.8, 4) is 11.5 Å². The largest absolute Gasteiger partial charge is 0.493 e. The minimum absolute atomic E-state index is 0.0182. The second-order valence-electron chi connectivity index (χ2n) is 7.32. The van der Waals surface area contributed by atoms with Gasteiger partial charge in [-0.15, -0.1) is 0 Å². The number of anilines is 2. The van der Waals surface area contributed by atoms with Crippen molar-refractivity contribution in [1.29, 1.82) is 0 Å². The summed E-state index contributed by atoms with van der Waals surface area (Å²) in [5.74, 6) is 1.27. The molecule has 0 unspecified atom stereocenters. The van der Waals surface area contributed by atoms with Crippen LogP contribution in [0.2, 0.25) is 0 Å². The summed E-state index contributed by atoms with van der Waals surface area (Å²) in [4.78, 5) is 13.2. The number of ether oxygens (including phenoxy) is 2. The van der Waals surface area contributed by atoms with Gasteiger partial charge >= 0.3 is 0 Å². The second kappa shape index (κ2) is 7.69. The third-order valence-electron chi connectivity index (χ3n) is 5.37. The number of benzene rings is 1. The van der Waals surface area contributed by atoms with E-state index in [-0.39, 0.29) is 22.8 Å². The summed E-state index contributed by atoms with van der Waals surface area (Å²) in [5.41, 5.74) is 6.26. The molecular formula is C20H26FN5O2. The topological polar surface area (TPSA) is 76.7 Å². The van der Waals surface area contributed by atoms with Crippen LogP contribution in [0.15, 0.2) is 18.3 Å². The monoisotopic (exact) mass is 387 g/mol. The Labute approximate surface area is 163 Å². The number of hydrogen-bond donors (Lipinski definition) is 1. The van der Waals surface area contributed by atoms with Crippen molar-refractivity contribution in [3.05, 3.63) is 24.2 Å². The Balaban J connectivity index is 1.54. The van der Waals surface area contributed by atoms with E-state index in [2.05, 4.69) is 27.1 Å². The van der Waals surface area contributed by atoms with Crippen LogP contribution in [0.25, 0.3) is 10.9 Å². The molecule has 4 rings (SSSR count). The number of allylic oxidation sites excluding steroid dienone is 1. The van der Waals surface area contributed by atoms with Crippen LogP contribution < -0.4 is 20.1 Å². The Hall–Kier alpha value is -2.77. The number of hydrogen-bond acceptors (Lipinski definition) is 7. The number of rotatable bonds is 6. The fourth-order valence-corrected chi connectivity index (χ4v) is 3.51. The molecule has 1 aromatic heterocycles. The zero-order valence-corrected chi connectivity index (χ0v) is 16.3. The third-order valence-corrected chi connectivity index (χ3v) is 5.37. The standard InChI is InChI=1S/C20H26FN5O2/c1-27-15-12-14-17(16(21)18(15)28-2)23-20(24-19(14)22)26-10-8-25(9-11-26)7-3-4-13-5-6-13/h3,7,12-13H,4-6,8-11H2,1-2H3,(H2,22,23,24)/b7-3+. The number of nitrogens with two attached hydrogens (primary N) is 1. The predicted octanol–water partition coefficient (Wildman–Crippen LogP) is 2.80. The third kappa shape index (κ3) is 3.63. The molecule has 0 atom stereocenters. The van der Waals surface area contributed by atoms with E-state index in [1.807, 2.05) is 4.90 Å². The van der Waals surface area contributed by atoms with E-state index < -0.39 is 5.82 Å². The molecule has 1 aliphatic heterocycles. The Morgan fingerprint density at radius 1 is 1.18 bits per heavy atom.